The third kappa shape index (κ3) is 2.64. The first-order valence-electron chi connectivity index (χ1n) is 9.24. The molecule has 0 atom stereocenters. The van der Waals surface area contributed by atoms with Gasteiger partial charge in [0.25, 0.3) is 0 Å². The van der Waals surface area contributed by atoms with E-state index < -0.39 is 5.97 Å². The van der Waals surface area contributed by atoms with Gasteiger partial charge >= 0.3 is 5.97 Å². The average Bonchev–Trinajstić information content (AvgIpc) is 3.24. The molecule has 0 bridgehead atoms. The summed E-state index contributed by atoms with van der Waals surface area (Å²) >= 11 is 0. The highest BCUT2D eigenvalue weighted by Crippen LogP contribution is 2.43. The number of carbonyl (C=O) groups is 1. The number of ether oxygens (including phenoxy) is 1. The van der Waals surface area contributed by atoms with E-state index in [0.29, 0.717) is 12.1 Å². The van der Waals surface area contributed by atoms with Crippen molar-refractivity contribution < 1.29 is 14.6 Å². The molecule has 0 unspecified atom stereocenters. The molecule has 2 aromatic carbocycles. The van der Waals surface area contributed by atoms with Crippen molar-refractivity contribution in [3.8, 4) is 5.75 Å². The maximum atomic E-state index is 12.4. The molecule has 138 valence electrons. The first-order chi connectivity index (χ1) is 13.1. The lowest BCUT2D eigenvalue weighted by atomic mass is 10.0. The lowest BCUT2D eigenvalue weighted by Gasteiger charge is -2.11. The van der Waals surface area contributed by atoms with Gasteiger partial charge in [-0.2, -0.15) is 0 Å². The fraction of sp³-hybridized carbons (Fsp3) is 0.261. The van der Waals surface area contributed by atoms with Crippen molar-refractivity contribution in [3.05, 3.63) is 65.3 Å². The fourth-order valence-corrected chi connectivity index (χ4v) is 4.33. The van der Waals surface area contributed by atoms with Crippen LogP contribution in [-0.4, -0.2) is 22.8 Å². The lowest BCUT2D eigenvalue weighted by molar-refractivity contribution is 0.0603. The second-order valence-corrected chi connectivity index (χ2v) is 7.05. The summed E-state index contributed by atoms with van der Waals surface area (Å²) in [4.78, 5) is 12.4. The van der Waals surface area contributed by atoms with Gasteiger partial charge in [-0.1, -0.05) is 24.8 Å². The summed E-state index contributed by atoms with van der Waals surface area (Å²) in [6.07, 6.45) is 6.99. The molecule has 0 amide bonds. The Kier molecular flexibility index (Phi) is 4.27. The molecule has 1 aromatic heterocycles. The van der Waals surface area contributed by atoms with Crippen molar-refractivity contribution in [1.82, 2.24) is 4.57 Å². The average molecular weight is 361 g/mol. The maximum absolute atomic E-state index is 12.4. The zero-order chi connectivity index (χ0) is 19.1. The molecule has 27 heavy (non-hydrogen) atoms. The number of fused-ring (bicyclic) bond motifs is 5. The highest BCUT2D eigenvalue weighted by atomic mass is 16.5. The zero-order valence-corrected chi connectivity index (χ0v) is 15.7. The summed E-state index contributed by atoms with van der Waals surface area (Å²) in [5, 5.41) is 12.3. The molecule has 3 aromatic rings. The van der Waals surface area contributed by atoms with E-state index >= 15 is 0 Å². The zero-order valence-electron chi connectivity index (χ0n) is 15.7. The minimum absolute atomic E-state index is 0.224. The number of methoxy groups -OCH3 is 1. The van der Waals surface area contributed by atoms with E-state index in [-0.39, 0.29) is 5.75 Å². The van der Waals surface area contributed by atoms with Gasteiger partial charge in [-0.3, -0.25) is 0 Å². The van der Waals surface area contributed by atoms with Crippen LogP contribution in [0.4, 0.5) is 0 Å². The highest BCUT2D eigenvalue weighted by molar-refractivity contribution is 6.19. The number of hydrogen-bond acceptors (Lipinski definition) is 3. The van der Waals surface area contributed by atoms with Crippen LogP contribution in [0, 0.1) is 0 Å². The SMILES string of the molecule is C=C(/C=C\C)Cn1c2cccc(C(=O)OC)c2c2c(O)cc3c(c21)CCC3. The molecule has 1 N–H and O–H groups in total. The van der Waals surface area contributed by atoms with Crippen molar-refractivity contribution in [2.24, 2.45) is 0 Å². The number of benzene rings is 2. The van der Waals surface area contributed by atoms with Crippen molar-refractivity contribution >= 4 is 27.8 Å². The number of aromatic hydroxyl groups is 1. The summed E-state index contributed by atoms with van der Waals surface area (Å²) in [6.45, 7) is 6.73. The van der Waals surface area contributed by atoms with E-state index in [9.17, 15) is 9.90 Å². The van der Waals surface area contributed by atoms with Gasteiger partial charge in [0.15, 0.2) is 0 Å². The molecule has 4 heteroatoms. The van der Waals surface area contributed by atoms with Gasteiger partial charge in [-0.15, -0.1) is 0 Å². The fourth-order valence-electron chi connectivity index (χ4n) is 4.33. The van der Waals surface area contributed by atoms with Crippen LogP contribution in [0.5, 0.6) is 5.75 Å². The number of nitrogens with zero attached hydrogens (tertiary/aromatic N) is 1. The highest BCUT2D eigenvalue weighted by Gasteiger charge is 2.26. The Morgan fingerprint density at radius 2 is 2.15 bits per heavy atom. The lowest BCUT2D eigenvalue weighted by Crippen LogP contribution is -2.03. The number of carbonyl (C=O) groups excluding carboxylic acids is 1. The number of aromatic nitrogens is 1. The molecule has 1 aliphatic rings. The molecule has 0 fully saturated rings. The molecule has 0 saturated carbocycles. The number of phenols is 1. The van der Waals surface area contributed by atoms with E-state index in [2.05, 4.69) is 11.1 Å². The number of hydrogen-bond donors (Lipinski definition) is 1. The Morgan fingerprint density at radius 1 is 1.33 bits per heavy atom. The van der Waals surface area contributed by atoms with E-state index in [1.807, 2.05) is 37.3 Å². The molecule has 0 spiro atoms. The van der Waals surface area contributed by atoms with Gasteiger partial charge in [-0.25, -0.2) is 4.79 Å². The molecular formula is C23H23NO3. The van der Waals surface area contributed by atoms with Gasteiger partial charge in [-0.05, 0) is 61.1 Å². The second kappa shape index (κ2) is 6.62. The number of phenolic OH excluding ortho intramolecular Hbond substituents is 1. The molecule has 0 saturated heterocycles. The maximum Gasteiger partial charge on any atom is 0.338 e. The largest absolute Gasteiger partial charge is 0.507 e. The molecule has 0 radical (unpaired) electrons. The van der Waals surface area contributed by atoms with Crippen molar-refractivity contribution in [1.29, 1.82) is 0 Å². The van der Waals surface area contributed by atoms with E-state index in [4.69, 9.17) is 4.74 Å². The Balaban J connectivity index is 2.16. The minimum Gasteiger partial charge on any atom is -0.507 e. The monoisotopic (exact) mass is 361 g/mol. The van der Waals surface area contributed by atoms with Crippen molar-refractivity contribution in [3.63, 3.8) is 0 Å². The first-order valence-corrected chi connectivity index (χ1v) is 9.24. The molecular weight excluding hydrogens is 338 g/mol. The smallest absolute Gasteiger partial charge is 0.338 e. The van der Waals surface area contributed by atoms with Crippen LogP contribution >= 0.6 is 0 Å². The van der Waals surface area contributed by atoms with E-state index in [1.165, 1.54) is 18.2 Å². The third-order valence-electron chi connectivity index (χ3n) is 5.37. The normalized spacial score (nSPS) is 13.6. The molecule has 1 aliphatic carbocycles. The summed E-state index contributed by atoms with van der Waals surface area (Å²) in [5.74, 6) is -0.172. The number of allylic oxidation sites excluding steroid dienone is 3. The second-order valence-electron chi connectivity index (χ2n) is 7.05. The third-order valence-corrected chi connectivity index (χ3v) is 5.37. The van der Waals surface area contributed by atoms with Gasteiger partial charge in [0, 0.05) is 11.9 Å². The van der Waals surface area contributed by atoms with E-state index in [1.54, 1.807) is 6.07 Å². The molecule has 1 heterocycles. The van der Waals surface area contributed by atoms with E-state index in [0.717, 1.165) is 46.6 Å². The Bertz CT molecular complexity index is 1120. The van der Waals surface area contributed by atoms with Gasteiger partial charge in [0.2, 0.25) is 0 Å². The van der Waals surface area contributed by atoms with Gasteiger partial charge in [0.1, 0.15) is 5.75 Å². The quantitative estimate of drug-likeness (QED) is 0.531. The number of aryl methyl sites for hydroxylation is 2. The van der Waals surface area contributed by atoms with Crippen molar-refractivity contribution in [2.75, 3.05) is 7.11 Å². The predicted octanol–water partition coefficient (Wildman–Crippen LogP) is 4.91. The van der Waals surface area contributed by atoms with Crippen LogP contribution in [0.15, 0.2) is 48.6 Å². The summed E-state index contributed by atoms with van der Waals surface area (Å²) in [7, 11) is 1.38. The Morgan fingerprint density at radius 3 is 2.89 bits per heavy atom. The topological polar surface area (TPSA) is 51.5 Å². The summed E-state index contributed by atoms with van der Waals surface area (Å²) < 4.78 is 7.18. The number of rotatable bonds is 4. The molecule has 4 nitrogen and oxygen atoms in total. The Hall–Kier alpha value is -3.01. The standard InChI is InChI=1S/C23H23NO3/c1-4-7-14(2)13-24-18-11-6-10-17(23(26)27-3)20(18)21-19(25)12-15-8-5-9-16(15)22(21)24/h4,6-7,10-12,25H,2,5,8-9,13H2,1,3H3/b7-4-. The van der Waals surface area contributed by atoms with Crippen molar-refractivity contribution in [2.45, 2.75) is 32.7 Å². The Labute approximate surface area is 158 Å². The number of esters is 1. The van der Waals surface area contributed by atoms with Crippen LogP contribution in [0.25, 0.3) is 21.8 Å². The van der Waals surface area contributed by atoms with Crippen LogP contribution in [0.3, 0.4) is 0 Å². The molecule has 4 rings (SSSR count). The van der Waals surface area contributed by atoms with Crippen LogP contribution in [0.2, 0.25) is 0 Å². The van der Waals surface area contributed by atoms with Crippen LogP contribution in [-0.2, 0) is 24.1 Å². The summed E-state index contributed by atoms with van der Waals surface area (Å²) in [5.41, 5.74) is 5.83. The predicted molar refractivity (Wildman–Crippen MR) is 108 cm³/mol. The van der Waals surface area contributed by atoms with Gasteiger partial charge in [0.05, 0.1) is 29.1 Å². The van der Waals surface area contributed by atoms with Gasteiger partial charge < -0.3 is 14.4 Å². The first kappa shape index (κ1) is 17.4. The van der Waals surface area contributed by atoms with Crippen LogP contribution in [0.1, 0.15) is 34.8 Å². The molecule has 0 aliphatic heterocycles. The summed E-state index contributed by atoms with van der Waals surface area (Å²) in [6, 6.07) is 7.47. The van der Waals surface area contributed by atoms with Crippen LogP contribution < -0.4 is 0 Å². The minimum atomic E-state index is -0.396.